The molecule has 0 aromatic heterocycles. The molecule has 0 aliphatic heterocycles. The van der Waals surface area contributed by atoms with Crippen LogP contribution in [0.25, 0.3) is 0 Å². The molecule has 1 amide bonds. The highest BCUT2D eigenvalue weighted by atomic mass is 16.5. The van der Waals surface area contributed by atoms with Crippen LogP contribution < -0.4 is 10.6 Å². The van der Waals surface area contributed by atoms with E-state index in [2.05, 4.69) is 10.6 Å². The minimum atomic E-state index is -0.285. The standard InChI is InChI=1S/C11H13N3O2/c1-13-9-4-3-5-10(8(9)6-12)14-11(15)7-16-2/h3-5,13H,7H2,1-2H3,(H,14,15). The molecule has 0 unspecified atom stereocenters. The maximum Gasteiger partial charge on any atom is 0.250 e. The maximum atomic E-state index is 11.3. The fourth-order valence-corrected chi connectivity index (χ4v) is 1.30. The Bertz CT molecular complexity index is 424. The average molecular weight is 219 g/mol. The lowest BCUT2D eigenvalue weighted by atomic mass is 10.1. The summed E-state index contributed by atoms with van der Waals surface area (Å²) in [6.07, 6.45) is 0. The molecule has 0 aliphatic rings. The predicted molar refractivity (Wildman–Crippen MR) is 61.2 cm³/mol. The lowest BCUT2D eigenvalue weighted by molar-refractivity contribution is -0.119. The van der Waals surface area contributed by atoms with Crippen LogP contribution in [0.15, 0.2) is 18.2 Å². The van der Waals surface area contributed by atoms with E-state index in [-0.39, 0.29) is 12.5 Å². The number of hydrogen-bond donors (Lipinski definition) is 2. The van der Waals surface area contributed by atoms with Crippen LogP contribution in [-0.4, -0.2) is 26.7 Å². The van der Waals surface area contributed by atoms with Crippen molar-refractivity contribution in [2.24, 2.45) is 0 Å². The van der Waals surface area contributed by atoms with E-state index < -0.39 is 0 Å². The first-order valence-corrected chi connectivity index (χ1v) is 4.72. The SMILES string of the molecule is CNc1cccc(NC(=O)COC)c1C#N. The van der Waals surface area contributed by atoms with E-state index in [4.69, 9.17) is 10.00 Å². The second-order valence-corrected chi connectivity index (χ2v) is 3.07. The third kappa shape index (κ3) is 2.72. The van der Waals surface area contributed by atoms with Gasteiger partial charge in [0.1, 0.15) is 12.7 Å². The lowest BCUT2D eigenvalue weighted by Gasteiger charge is -2.09. The van der Waals surface area contributed by atoms with E-state index in [1.807, 2.05) is 6.07 Å². The molecule has 0 aliphatic carbocycles. The fourth-order valence-electron chi connectivity index (χ4n) is 1.30. The van der Waals surface area contributed by atoms with Gasteiger partial charge < -0.3 is 15.4 Å². The van der Waals surface area contributed by atoms with Gasteiger partial charge in [0.05, 0.1) is 16.9 Å². The second kappa shape index (κ2) is 5.73. The molecular formula is C11H13N3O2. The lowest BCUT2D eigenvalue weighted by Crippen LogP contribution is -2.18. The Hall–Kier alpha value is -2.06. The van der Waals surface area contributed by atoms with E-state index in [0.717, 1.165) is 0 Å². The van der Waals surface area contributed by atoms with Crippen molar-refractivity contribution >= 4 is 17.3 Å². The third-order valence-corrected chi connectivity index (χ3v) is 2.00. The molecule has 0 fully saturated rings. The molecule has 1 aromatic rings. The summed E-state index contributed by atoms with van der Waals surface area (Å²) in [6.45, 7) is -0.0331. The highest BCUT2D eigenvalue weighted by molar-refractivity contribution is 5.94. The first kappa shape index (κ1) is 12.0. The summed E-state index contributed by atoms with van der Waals surface area (Å²) in [5.74, 6) is -0.285. The number of nitrogens with zero attached hydrogens (tertiary/aromatic N) is 1. The third-order valence-electron chi connectivity index (χ3n) is 2.00. The summed E-state index contributed by atoms with van der Waals surface area (Å²) in [6, 6.07) is 7.25. The first-order chi connectivity index (χ1) is 7.72. The molecule has 0 bridgehead atoms. The fraction of sp³-hybridized carbons (Fsp3) is 0.273. The van der Waals surface area contributed by atoms with Crippen molar-refractivity contribution in [1.29, 1.82) is 5.26 Å². The van der Waals surface area contributed by atoms with Crippen molar-refractivity contribution in [1.82, 2.24) is 0 Å². The Labute approximate surface area is 94.0 Å². The summed E-state index contributed by atoms with van der Waals surface area (Å²) in [7, 11) is 3.16. The summed E-state index contributed by atoms with van der Waals surface area (Å²) < 4.78 is 4.70. The highest BCUT2D eigenvalue weighted by Crippen LogP contribution is 2.22. The number of amides is 1. The molecule has 0 radical (unpaired) electrons. The zero-order valence-corrected chi connectivity index (χ0v) is 9.20. The smallest absolute Gasteiger partial charge is 0.250 e. The van der Waals surface area contributed by atoms with Gasteiger partial charge in [-0.15, -0.1) is 0 Å². The normalized spacial score (nSPS) is 9.31. The van der Waals surface area contributed by atoms with Crippen molar-refractivity contribution < 1.29 is 9.53 Å². The zero-order chi connectivity index (χ0) is 12.0. The molecule has 84 valence electrons. The van der Waals surface area contributed by atoms with E-state index in [9.17, 15) is 4.79 Å². The van der Waals surface area contributed by atoms with Crippen molar-refractivity contribution in [2.45, 2.75) is 0 Å². The Kier molecular flexibility index (Phi) is 4.30. The number of anilines is 2. The molecular weight excluding hydrogens is 206 g/mol. The molecule has 0 atom stereocenters. The average Bonchev–Trinajstić information content (AvgIpc) is 2.29. The number of rotatable bonds is 4. The first-order valence-electron chi connectivity index (χ1n) is 4.72. The zero-order valence-electron chi connectivity index (χ0n) is 9.20. The minimum absolute atomic E-state index is 0.0331. The van der Waals surface area contributed by atoms with Crippen LogP contribution in [0.3, 0.4) is 0 Å². The molecule has 16 heavy (non-hydrogen) atoms. The largest absolute Gasteiger partial charge is 0.387 e. The van der Waals surface area contributed by atoms with Gasteiger partial charge in [-0.1, -0.05) is 6.07 Å². The molecule has 0 saturated heterocycles. The molecule has 5 heteroatoms. The van der Waals surface area contributed by atoms with Crippen LogP contribution >= 0.6 is 0 Å². The highest BCUT2D eigenvalue weighted by Gasteiger charge is 2.09. The number of carbonyl (C=O) groups excluding carboxylic acids is 1. The van der Waals surface area contributed by atoms with E-state index in [0.29, 0.717) is 16.9 Å². The number of nitrogens with one attached hydrogen (secondary N) is 2. The van der Waals surface area contributed by atoms with Gasteiger partial charge in [-0.05, 0) is 12.1 Å². The van der Waals surface area contributed by atoms with Gasteiger partial charge in [-0.25, -0.2) is 0 Å². The van der Waals surface area contributed by atoms with Gasteiger partial charge in [-0.2, -0.15) is 5.26 Å². The Morgan fingerprint density at radius 3 is 2.75 bits per heavy atom. The van der Waals surface area contributed by atoms with Crippen LogP contribution in [0.4, 0.5) is 11.4 Å². The van der Waals surface area contributed by atoms with Crippen LogP contribution in [-0.2, 0) is 9.53 Å². The van der Waals surface area contributed by atoms with Crippen molar-refractivity contribution in [3.63, 3.8) is 0 Å². The predicted octanol–water partition coefficient (Wildman–Crippen LogP) is 1.18. The number of hydrogen-bond acceptors (Lipinski definition) is 4. The topological polar surface area (TPSA) is 74.2 Å². The number of benzene rings is 1. The number of methoxy groups -OCH3 is 1. The van der Waals surface area contributed by atoms with Gasteiger partial charge >= 0.3 is 0 Å². The Morgan fingerprint density at radius 2 is 2.19 bits per heavy atom. The van der Waals surface area contributed by atoms with Crippen LogP contribution in [0, 0.1) is 11.3 Å². The maximum absolute atomic E-state index is 11.3. The number of carbonyl (C=O) groups is 1. The summed E-state index contributed by atoms with van der Waals surface area (Å²) in [5.41, 5.74) is 1.57. The van der Waals surface area contributed by atoms with Gasteiger partial charge in [-0.3, -0.25) is 4.79 Å². The molecule has 0 saturated carbocycles. The summed E-state index contributed by atoms with van der Waals surface area (Å²) in [5, 5.41) is 14.5. The van der Waals surface area contributed by atoms with E-state index in [1.54, 1.807) is 25.2 Å². The Morgan fingerprint density at radius 1 is 1.50 bits per heavy atom. The monoisotopic (exact) mass is 219 g/mol. The molecule has 1 rings (SSSR count). The van der Waals surface area contributed by atoms with Gasteiger partial charge in [0.25, 0.3) is 0 Å². The minimum Gasteiger partial charge on any atom is -0.387 e. The van der Waals surface area contributed by atoms with E-state index in [1.165, 1.54) is 7.11 Å². The Balaban J connectivity index is 2.96. The van der Waals surface area contributed by atoms with E-state index >= 15 is 0 Å². The summed E-state index contributed by atoms with van der Waals surface area (Å²) >= 11 is 0. The van der Waals surface area contributed by atoms with Crippen molar-refractivity contribution in [3.05, 3.63) is 23.8 Å². The van der Waals surface area contributed by atoms with Gasteiger partial charge in [0.15, 0.2) is 0 Å². The molecule has 1 aromatic carbocycles. The van der Waals surface area contributed by atoms with Crippen LogP contribution in [0.1, 0.15) is 5.56 Å². The number of nitriles is 1. The summed E-state index contributed by atoms with van der Waals surface area (Å²) in [4.78, 5) is 11.3. The van der Waals surface area contributed by atoms with Crippen molar-refractivity contribution in [2.75, 3.05) is 31.4 Å². The van der Waals surface area contributed by atoms with Crippen LogP contribution in [0.2, 0.25) is 0 Å². The quantitative estimate of drug-likeness (QED) is 0.797. The number of ether oxygens (including phenoxy) is 1. The molecule has 5 nitrogen and oxygen atoms in total. The second-order valence-electron chi connectivity index (χ2n) is 3.07. The van der Waals surface area contributed by atoms with Gasteiger partial charge in [0.2, 0.25) is 5.91 Å². The van der Waals surface area contributed by atoms with Crippen molar-refractivity contribution in [3.8, 4) is 6.07 Å². The molecule has 0 heterocycles. The van der Waals surface area contributed by atoms with Gasteiger partial charge in [0, 0.05) is 14.2 Å². The molecule has 0 spiro atoms. The molecule has 2 N–H and O–H groups in total. The van der Waals surface area contributed by atoms with Crippen LogP contribution in [0.5, 0.6) is 0 Å².